The van der Waals surface area contributed by atoms with E-state index in [0.29, 0.717) is 18.1 Å². The van der Waals surface area contributed by atoms with Gasteiger partial charge in [-0.25, -0.2) is 4.79 Å². The molecule has 1 atom stereocenters. The molecule has 0 unspecified atom stereocenters. The van der Waals surface area contributed by atoms with Crippen molar-refractivity contribution in [3.8, 4) is 11.5 Å². The topological polar surface area (TPSA) is 44.8 Å². The highest BCUT2D eigenvalue weighted by Crippen LogP contribution is 2.28. The van der Waals surface area contributed by atoms with Gasteiger partial charge in [-0.2, -0.15) is 0 Å². The summed E-state index contributed by atoms with van der Waals surface area (Å²) in [5, 5.41) is 0. The van der Waals surface area contributed by atoms with Crippen molar-refractivity contribution in [2.45, 2.75) is 19.6 Å². The van der Waals surface area contributed by atoms with E-state index >= 15 is 0 Å². The molecule has 0 saturated heterocycles. The quantitative estimate of drug-likeness (QED) is 0.765. The Balaban J connectivity index is 2.04. The summed E-state index contributed by atoms with van der Waals surface area (Å²) >= 11 is 0. The molecule has 0 N–H and O–H groups in total. The van der Waals surface area contributed by atoms with Gasteiger partial charge in [0.15, 0.2) is 17.6 Å². The van der Waals surface area contributed by atoms with Crippen LogP contribution in [0.15, 0.2) is 54.6 Å². The van der Waals surface area contributed by atoms with Gasteiger partial charge in [-0.15, -0.1) is 0 Å². The summed E-state index contributed by atoms with van der Waals surface area (Å²) in [5.74, 6) is 0.691. The van der Waals surface area contributed by atoms with E-state index in [2.05, 4.69) is 4.74 Å². The highest BCUT2D eigenvalue weighted by Gasteiger charge is 2.16. The van der Waals surface area contributed by atoms with Gasteiger partial charge in [0, 0.05) is 0 Å². The number of carbonyl (C=O) groups excluding carboxylic acids is 1. The number of para-hydroxylation sites is 2. The van der Waals surface area contributed by atoms with Crippen LogP contribution in [-0.4, -0.2) is 19.2 Å². The third-order valence-corrected chi connectivity index (χ3v) is 2.92. The van der Waals surface area contributed by atoms with E-state index in [1.807, 2.05) is 48.5 Å². The van der Waals surface area contributed by atoms with Crippen LogP contribution in [0.3, 0.4) is 0 Å². The molecule has 2 aromatic rings. The van der Waals surface area contributed by atoms with E-state index in [1.54, 1.807) is 13.0 Å². The minimum absolute atomic E-state index is 0.423. The average Bonchev–Trinajstić information content (AvgIpc) is 2.54. The van der Waals surface area contributed by atoms with Crippen LogP contribution in [0.25, 0.3) is 0 Å². The van der Waals surface area contributed by atoms with Crippen LogP contribution >= 0.6 is 0 Å². The molecule has 0 aliphatic heterocycles. The van der Waals surface area contributed by atoms with E-state index in [4.69, 9.17) is 9.47 Å². The fourth-order valence-corrected chi connectivity index (χ4v) is 1.81. The molecule has 0 aliphatic rings. The Hall–Kier alpha value is -2.49. The van der Waals surface area contributed by atoms with Gasteiger partial charge in [-0.05, 0) is 24.6 Å². The highest BCUT2D eigenvalue weighted by atomic mass is 16.6. The fraction of sp³-hybridized carbons (Fsp3) is 0.235. The van der Waals surface area contributed by atoms with Crippen molar-refractivity contribution >= 4 is 5.97 Å². The van der Waals surface area contributed by atoms with Crippen LogP contribution < -0.4 is 9.47 Å². The molecule has 0 aromatic heterocycles. The van der Waals surface area contributed by atoms with Crippen molar-refractivity contribution in [2.24, 2.45) is 0 Å². The van der Waals surface area contributed by atoms with Crippen LogP contribution in [0.2, 0.25) is 0 Å². The SMILES string of the molecule is COC(=O)[C@H](C)Oc1ccccc1OCc1ccccc1. The summed E-state index contributed by atoms with van der Waals surface area (Å²) in [6, 6.07) is 17.1. The van der Waals surface area contributed by atoms with Crippen molar-refractivity contribution in [3.63, 3.8) is 0 Å². The molecule has 0 fully saturated rings. The summed E-state index contributed by atoms with van der Waals surface area (Å²) in [6.45, 7) is 2.08. The number of methoxy groups -OCH3 is 1. The van der Waals surface area contributed by atoms with Gasteiger partial charge < -0.3 is 14.2 Å². The predicted molar refractivity (Wildman–Crippen MR) is 79.3 cm³/mol. The third-order valence-electron chi connectivity index (χ3n) is 2.92. The first-order valence-corrected chi connectivity index (χ1v) is 6.71. The van der Waals surface area contributed by atoms with E-state index in [1.165, 1.54) is 7.11 Å². The Morgan fingerprint density at radius 2 is 1.62 bits per heavy atom. The minimum Gasteiger partial charge on any atom is -0.485 e. The second-order valence-corrected chi connectivity index (χ2v) is 4.50. The first-order chi connectivity index (χ1) is 10.2. The maximum Gasteiger partial charge on any atom is 0.346 e. The lowest BCUT2D eigenvalue weighted by molar-refractivity contribution is -0.147. The minimum atomic E-state index is -0.684. The monoisotopic (exact) mass is 286 g/mol. The first kappa shape index (κ1) is 14.9. The van der Waals surface area contributed by atoms with Crippen molar-refractivity contribution in [2.75, 3.05) is 7.11 Å². The molecule has 0 amide bonds. The maximum absolute atomic E-state index is 11.4. The molecule has 0 aliphatic carbocycles. The number of esters is 1. The van der Waals surface area contributed by atoms with E-state index in [-0.39, 0.29) is 0 Å². The number of benzene rings is 2. The summed E-state index contributed by atoms with van der Waals surface area (Å²) < 4.78 is 16.0. The lowest BCUT2D eigenvalue weighted by Gasteiger charge is -2.16. The zero-order chi connectivity index (χ0) is 15.1. The van der Waals surface area contributed by atoms with Crippen molar-refractivity contribution in [1.29, 1.82) is 0 Å². The largest absolute Gasteiger partial charge is 0.485 e. The summed E-state index contributed by atoms with van der Waals surface area (Å²) in [6.07, 6.45) is -0.684. The second-order valence-electron chi connectivity index (χ2n) is 4.50. The first-order valence-electron chi connectivity index (χ1n) is 6.71. The third kappa shape index (κ3) is 4.24. The van der Waals surface area contributed by atoms with Gasteiger partial charge in [-0.3, -0.25) is 0 Å². The van der Waals surface area contributed by atoms with Crippen LogP contribution in [0.4, 0.5) is 0 Å². The molecular formula is C17H18O4. The second kappa shape index (κ2) is 7.33. The van der Waals surface area contributed by atoms with Gasteiger partial charge in [-0.1, -0.05) is 42.5 Å². The summed E-state index contributed by atoms with van der Waals surface area (Å²) in [4.78, 5) is 11.4. The van der Waals surface area contributed by atoms with Crippen molar-refractivity contribution < 1.29 is 19.0 Å². The Labute approximate surface area is 124 Å². The normalized spacial score (nSPS) is 11.5. The molecule has 2 rings (SSSR count). The van der Waals surface area contributed by atoms with Crippen LogP contribution in [0.5, 0.6) is 11.5 Å². The van der Waals surface area contributed by atoms with Gasteiger partial charge >= 0.3 is 5.97 Å². The molecule has 4 nitrogen and oxygen atoms in total. The number of rotatable bonds is 6. The van der Waals surface area contributed by atoms with E-state index in [0.717, 1.165) is 5.56 Å². The van der Waals surface area contributed by atoms with Crippen molar-refractivity contribution in [1.82, 2.24) is 0 Å². The Kier molecular flexibility index (Phi) is 5.21. The van der Waals surface area contributed by atoms with Gasteiger partial charge in [0.05, 0.1) is 7.11 Å². The van der Waals surface area contributed by atoms with Crippen LogP contribution in [0, 0.1) is 0 Å². The molecule has 0 bridgehead atoms. The van der Waals surface area contributed by atoms with E-state index in [9.17, 15) is 4.79 Å². The molecule has 0 saturated carbocycles. The van der Waals surface area contributed by atoms with Crippen LogP contribution in [-0.2, 0) is 16.1 Å². The molecule has 4 heteroatoms. The summed E-state index contributed by atoms with van der Waals surface area (Å²) in [7, 11) is 1.33. The Bertz CT molecular complexity index is 580. The average molecular weight is 286 g/mol. The molecule has 2 aromatic carbocycles. The fourth-order valence-electron chi connectivity index (χ4n) is 1.81. The van der Waals surface area contributed by atoms with Gasteiger partial charge in [0.1, 0.15) is 6.61 Å². The number of ether oxygens (including phenoxy) is 3. The molecule has 21 heavy (non-hydrogen) atoms. The lowest BCUT2D eigenvalue weighted by Crippen LogP contribution is -2.25. The van der Waals surface area contributed by atoms with Gasteiger partial charge in [0.25, 0.3) is 0 Å². The zero-order valence-electron chi connectivity index (χ0n) is 12.1. The predicted octanol–water partition coefficient (Wildman–Crippen LogP) is 3.21. The van der Waals surface area contributed by atoms with Gasteiger partial charge in [0.2, 0.25) is 0 Å². The Morgan fingerprint density at radius 3 is 2.29 bits per heavy atom. The summed E-state index contributed by atoms with van der Waals surface area (Å²) in [5.41, 5.74) is 1.06. The van der Waals surface area contributed by atoms with Crippen molar-refractivity contribution in [3.05, 3.63) is 60.2 Å². The number of hydrogen-bond donors (Lipinski definition) is 0. The smallest absolute Gasteiger partial charge is 0.346 e. The lowest BCUT2D eigenvalue weighted by atomic mass is 10.2. The van der Waals surface area contributed by atoms with Crippen LogP contribution in [0.1, 0.15) is 12.5 Å². The Morgan fingerprint density at radius 1 is 1.00 bits per heavy atom. The van der Waals surface area contributed by atoms with E-state index < -0.39 is 12.1 Å². The molecular weight excluding hydrogens is 268 g/mol. The zero-order valence-corrected chi connectivity index (χ0v) is 12.1. The molecule has 0 spiro atoms. The molecule has 0 radical (unpaired) electrons. The molecule has 0 heterocycles. The highest BCUT2D eigenvalue weighted by molar-refractivity contribution is 5.74. The number of carbonyl (C=O) groups is 1. The standard InChI is InChI=1S/C17H18O4/c1-13(17(18)19-2)21-16-11-7-6-10-15(16)20-12-14-8-4-3-5-9-14/h3-11,13H,12H2,1-2H3/t13-/m0/s1. The molecule has 110 valence electrons. The maximum atomic E-state index is 11.4. The number of hydrogen-bond acceptors (Lipinski definition) is 4.